The van der Waals surface area contributed by atoms with Gasteiger partial charge in [-0.1, -0.05) is 6.07 Å². The van der Waals surface area contributed by atoms with Crippen LogP contribution >= 0.6 is 0 Å². The summed E-state index contributed by atoms with van der Waals surface area (Å²) in [6.07, 6.45) is 0.300. The third-order valence-electron chi connectivity index (χ3n) is 2.86. The minimum absolute atomic E-state index is 0.128. The molecule has 0 aliphatic rings. The van der Waals surface area contributed by atoms with E-state index >= 15 is 0 Å². The summed E-state index contributed by atoms with van der Waals surface area (Å²) >= 11 is 0. The largest absolute Gasteiger partial charge is 0.374 e. The van der Waals surface area contributed by atoms with E-state index in [2.05, 4.69) is 5.32 Å². The summed E-state index contributed by atoms with van der Waals surface area (Å²) in [5.41, 5.74) is 1.13. The fourth-order valence-electron chi connectivity index (χ4n) is 1.65. The molecule has 1 N–H and O–H groups in total. The number of nitriles is 1. The molecule has 1 unspecified atom stereocenters. The van der Waals surface area contributed by atoms with Gasteiger partial charge in [0.1, 0.15) is 11.9 Å². The second kappa shape index (κ2) is 6.74. The maximum atomic E-state index is 13.4. The Labute approximate surface area is 112 Å². The van der Waals surface area contributed by atoms with Gasteiger partial charge in [-0.25, -0.2) is 4.39 Å². The molecule has 1 atom stereocenters. The molecule has 0 spiro atoms. The van der Waals surface area contributed by atoms with Crippen LogP contribution in [0.25, 0.3) is 0 Å². The Morgan fingerprint density at radius 3 is 2.84 bits per heavy atom. The van der Waals surface area contributed by atoms with E-state index in [1.165, 1.54) is 11.0 Å². The van der Waals surface area contributed by atoms with Crippen molar-refractivity contribution < 1.29 is 9.18 Å². The Bertz CT molecular complexity index is 496. The van der Waals surface area contributed by atoms with E-state index in [0.29, 0.717) is 24.2 Å². The van der Waals surface area contributed by atoms with Crippen LogP contribution in [0.15, 0.2) is 18.2 Å². The van der Waals surface area contributed by atoms with E-state index in [1.54, 1.807) is 33.0 Å². The monoisotopic (exact) mass is 263 g/mol. The lowest BCUT2D eigenvalue weighted by molar-refractivity contribution is -0.130. The van der Waals surface area contributed by atoms with Crippen molar-refractivity contribution >= 4 is 11.6 Å². The van der Waals surface area contributed by atoms with Crippen LogP contribution in [0, 0.1) is 24.1 Å². The molecule has 0 fully saturated rings. The van der Waals surface area contributed by atoms with Crippen molar-refractivity contribution in [3.8, 4) is 6.07 Å². The number of likely N-dealkylation sites (N-methyl/N-ethyl adjacent to an activating group) is 1. The van der Waals surface area contributed by atoms with Crippen LogP contribution in [0.4, 0.5) is 10.1 Å². The number of halogens is 1. The zero-order valence-corrected chi connectivity index (χ0v) is 11.4. The minimum Gasteiger partial charge on any atom is -0.374 e. The molecule has 0 saturated heterocycles. The SMILES string of the molecule is Cc1ccc(NC(C)C(=O)N(C)CCC#N)cc1F. The normalized spacial score (nSPS) is 11.5. The third-order valence-corrected chi connectivity index (χ3v) is 2.86. The van der Waals surface area contributed by atoms with Crippen molar-refractivity contribution in [3.05, 3.63) is 29.6 Å². The van der Waals surface area contributed by atoms with Crippen LogP contribution in [-0.4, -0.2) is 30.4 Å². The van der Waals surface area contributed by atoms with Crippen LogP contribution in [0.2, 0.25) is 0 Å². The molecule has 0 radical (unpaired) electrons. The first-order valence-electron chi connectivity index (χ1n) is 6.10. The highest BCUT2D eigenvalue weighted by atomic mass is 19.1. The quantitative estimate of drug-likeness (QED) is 0.887. The number of carbonyl (C=O) groups excluding carboxylic acids is 1. The molecule has 1 aromatic rings. The molecule has 0 aliphatic carbocycles. The summed E-state index contributed by atoms with van der Waals surface area (Å²) in [6.45, 7) is 3.79. The summed E-state index contributed by atoms with van der Waals surface area (Å²) in [6, 6.07) is 6.29. The predicted molar refractivity (Wildman–Crippen MR) is 72.1 cm³/mol. The fourth-order valence-corrected chi connectivity index (χ4v) is 1.65. The van der Waals surface area contributed by atoms with Gasteiger partial charge in [0, 0.05) is 19.3 Å². The van der Waals surface area contributed by atoms with Crippen LogP contribution < -0.4 is 5.32 Å². The number of carbonyl (C=O) groups is 1. The number of aryl methyl sites for hydroxylation is 1. The molecule has 0 aromatic heterocycles. The smallest absolute Gasteiger partial charge is 0.244 e. The van der Waals surface area contributed by atoms with Crippen LogP contribution in [0.1, 0.15) is 18.9 Å². The Morgan fingerprint density at radius 2 is 2.26 bits per heavy atom. The van der Waals surface area contributed by atoms with Crippen molar-refractivity contribution in [1.29, 1.82) is 5.26 Å². The van der Waals surface area contributed by atoms with Gasteiger partial charge < -0.3 is 10.2 Å². The Hall–Kier alpha value is -2.09. The topological polar surface area (TPSA) is 56.1 Å². The number of nitrogens with one attached hydrogen (secondary N) is 1. The summed E-state index contributed by atoms with van der Waals surface area (Å²) in [4.78, 5) is 13.5. The molecular formula is C14H18FN3O. The summed E-state index contributed by atoms with van der Waals surface area (Å²) in [5.74, 6) is -0.432. The average molecular weight is 263 g/mol. The number of rotatable bonds is 5. The zero-order valence-electron chi connectivity index (χ0n) is 11.4. The lowest BCUT2D eigenvalue weighted by atomic mass is 10.2. The van der Waals surface area contributed by atoms with Gasteiger partial charge >= 0.3 is 0 Å². The van der Waals surface area contributed by atoms with E-state index < -0.39 is 6.04 Å². The van der Waals surface area contributed by atoms with Crippen molar-refractivity contribution in [2.75, 3.05) is 18.9 Å². The number of benzene rings is 1. The van der Waals surface area contributed by atoms with E-state index in [1.807, 2.05) is 6.07 Å². The molecule has 0 heterocycles. The van der Waals surface area contributed by atoms with Crippen molar-refractivity contribution in [3.63, 3.8) is 0 Å². The minimum atomic E-state index is -0.467. The zero-order chi connectivity index (χ0) is 14.4. The fraction of sp³-hybridized carbons (Fsp3) is 0.429. The number of anilines is 1. The van der Waals surface area contributed by atoms with Crippen molar-refractivity contribution in [2.24, 2.45) is 0 Å². The van der Waals surface area contributed by atoms with Gasteiger partial charge in [-0.15, -0.1) is 0 Å². The Balaban J connectivity index is 2.63. The highest BCUT2D eigenvalue weighted by Crippen LogP contribution is 2.14. The first-order chi connectivity index (χ1) is 8.95. The maximum absolute atomic E-state index is 13.4. The summed E-state index contributed by atoms with van der Waals surface area (Å²) in [7, 11) is 1.65. The highest BCUT2D eigenvalue weighted by Gasteiger charge is 2.17. The van der Waals surface area contributed by atoms with Gasteiger partial charge in [0.05, 0.1) is 12.5 Å². The average Bonchev–Trinajstić information content (AvgIpc) is 2.39. The van der Waals surface area contributed by atoms with Crippen molar-refractivity contribution in [1.82, 2.24) is 4.90 Å². The number of nitrogens with zero attached hydrogens (tertiary/aromatic N) is 2. The molecule has 0 saturated carbocycles. The highest BCUT2D eigenvalue weighted by molar-refractivity contribution is 5.84. The number of hydrogen-bond donors (Lipinski definition) is 1. The molecule has 4 nitrogen and oxygen atoms in total. The van der Waals surface area contributed by atoms with E-state index in [4.69, 9.17) is 5.26 Å². The molecule has 102 valence electrons. The number of amides is 1. The molecule has 0 aliphatic heterocycles. The Kier molecular flexibility index (Phi) is 5.31. The lowest BCUT2D eigenvalue weighted by Gasteiger charge is -2.22. The summed E-state index contributed by atoms with van der Waals surface area (Å²) in [5, 5.41) is 11.4. The van der Waals surface area contributed by atoms with Gasteiger partial charge in [0.25, 0.3) is 0 Å². The van der Waals surface area contributed by atoms with E-state index in [0.717, 1.165) is 0 Å². The standard InChI is InChI=1S/C14H18FN3O/c1-10-5-6-12(9-13(10)15)17-11(2)14(19)18(3)8-4-7-16/h5-6,9,11,17H,4,8H2,1-3H3. The van der Waals surface area contributed by atoms with E-state index in [-0.39, 0.29) is 11.7 Å². The predicted octanol–water partition coefficient (Wildman–Crippen LogP) is 2.31. The van der Waals surface area contributed by atoms with Gasteiger partial charge in [-0.3, -0.25) is 4.79 Å². The molecule has 1 rings (SSSR count). The van der Waals surface area contributed by atoms with Crippen molar-refractivity contribution in [2.45, 2.75) is 26.3 Å². The second-order valence-corrected chi connectivity index (χ2v) is 4.50. The first-order valence-corrected chi connectivity index (χ1v) is 6.10. The first kappa shape index (κ1) is 15.0. The van der Waals surface area contributed by atoms with Gasteiger partial charge in [-0.2, -0.15) is 5.26 Å². The number of hydrogen-bond acceptors (Lipinski definition) is 3. The van der Waals surface area contributed by atoms with Gasteiger partial charge in [0.15, 0.2) is 0 Å². The summed E-state index contributed by atoms with van der Waals surface area (Å²) < 4.78 is 13.4. The van der Waals surface area contributed by atoms with E-state index in [9.17, 15) is 9.18 Å². The maximum Gasteiger partial charge on any atom is 0.244 e. The van der Waals surface area contributed by atoms with Crippen LogP contribution in [-0.2, 0) is 4.79 Å². The third kappa shape index (κ3) is 4.25. The molecule has 0 bridgehead atoms. The van der Waals surface area contributed by atoms with Gasteiger partial charge in [-0.05, 0) is 31.5 Å². The lowest BCUT2D eigenvalue weighted by Crippen LogP contribution is -2.39. The van der Waals surface area contributed by atoms with Crippen LogP contribution in [0.5, 0.6) is 0 Å². The Morgan fingerprint density at radius 1 is 1.58 bits per heavy atom. The second-order valence-electron chi connectivity index (χ2n) is 4.50. The van der Waals surface area contributed by atoms with Crippen LogP contribution in [0.3, 0.4) is 0 Å². The molecular weight excluding hydrogens is 245 g/mol. The molecule has 1 aromatic carbocycles. The molecule has 1 amide bonds. The molecule has 19 heavy (non-hydrogen) atoms. The van der Waals surface area contributed by atoms with Gasteiger partial charge in [0.2, 0.25) is 5.91 Å². The molecule has 5 heteroatoms.